The molecule has 1 aromatic rings. The Morgan fingerprint density at radius 2 is 1.69 bits per heavy atom. The summed E-state index contributed by atoms with van der Waals surface area (Å²) in [5.41, 5.74) is 2.08. The number of aryl methyl sites for hydroxylation is 1. The van der Waals surface area contributed by atoms with Crippen LogP contribution in [0.4, 0.5) is 0 Å². The number of aliphatic hydroxyl groups excluding tert-OH is 1. The van der Waals surface area contributed by atoms with Gasteiger partial charge in [-0.2, -0.15) is 0 Å². The van der Waals surface area contributed by atoms with Crippen molar-refractivity contribution in [2.45, 2.75) is 25.9 Å². The van der Waals surface area contributed by atoms with Gasteiger partial charge in [0.1, 0.15) is 9.84 Å². The molecule has 90 valence electrons. The van der Waals surface area contributed by atoms with Gasteiger partial charge in [-0.1, -0.05) is 24.3 Å². The van der Waals surface area contributed by atoms with Crippen molar-refractivity contribution in [1.82, 2.24) is 0 Å². The Morgan fingerprint density at radius 3 is 2.12 bits per heavy atom. The summed E-state index contributed by atoms with van der Waals surface area (Å²) in [4.78, 5) is 0. The molecule has 0 bridgehead atoms. The fourth-order valence-electron chi connectivity index (χ4n) is 1.49. The summed E-state index contributed by atoms with van der Waals surface area (Å²) in [6.07, 6.45) is 2.08. The molecule has 1 unspecified atom stereocenters. The van der Waals surface area contributed by atoms with Crippen molar-refractivity contribution in [3.63, 3.8) is 0 Å². The van der Waals surface area contributed by atoms with Crippen LogP contribution >= 0.6 is 0 Å². The van der Waals surface area contributed by atoms with Crippen LogP contribution < -0.4 is 0 Å². The molecule has 1 rings (SSSR count). The fraction of sp³-hybridized carbons (Fsp3) is 0.500. The van der Waals surface area contributed by atoms with Crippen molar-refractivity contribution in [2.24, 2.45) is 0 Å². The van der Waals surface area contributed by atoms with E-state index < -0.39 is 9.84 Å². The maximum atomic E-state index is 11.0. The van der Waals surface area contributed by atoms with Crippen LogP contribution in [-0.4, -0.2) is 31.6 Å². The van der Waals surface area contributed by atoms with E-state index in [9.17, 15) is 13.5 Å². The van der Waals surface area contributed by atoms with Gasteiger partial charge in [0, 0.05) is 6.26 Å². The van der Waals surface area contributed by atoms with Crippen LogP contribution in [0, 0.1) is 0 Å². The Hall–Kier alpha value is -0.870. The molecule has 1 aromatic carbocycles. The van der Waals surface area contributed by atoms with E-state index in [0.29, 0.717) is 12.8 Å². The molecule has 0 aliphatic heterocycles. The first-order valence-corrected chi connectivity index (χ1v) is 7.36. The molecule has 1 atom stereocenters. The van der Waals surface area contributed by atoms with Crippen LogP contribution in [0.5, 0.6) is 0 Å². The average molecular weight is 242 g/mol. The lowest BCUT2D eigenvalue weighted by atomic mass is 10.1. The van der Waals surface area contributed by atoms with E-state index in [4.69, 9.17) is 0 Å². The number of aliphatic hydroxyl groups is 1. The standard InChI is InChI=1S/C12H18O3S/c1-10(13)9-12-5-3-11(4-6-12)7-8-16(2,14)15/h3-6,10,13H,7-9H2,1-2H3. The third-order valence-electron chi connectivity index (χ3n) is 2.32. The maximum absolute atomic E-state index is 11.0. The van der Waals surface area contributed by atoms with Crippen LogP contribution in [0.25, 0.3) is 0 Å². The summed E-state index contributed by atoms with van der Waals surface area (Å²) < 4.78 is 22.0. The molecule has 0 fully saturated rings. The van der Waals surface area contributed by atoms with E-state index in [0.717, 1.165) is 11.1 Å². The second kappa shape index (κ2) is 5.46. The minimum Gasteiger partial charge on any atom is -0.393 e. The van der Waals surface area contributed by atoms with Crippen LogP contribution in [0.2, 0.25) is 0 Å². The predicted octanol–water partition coefficient (Wildman–Crippen LogP) is 1.20. The lowest BCUT2D eigenvalue weighted by Crippen LogP contribution is -2.06. The Morgan fingerprint density at radius 1 is 1.19 bits per heavy atom. The summed E-state index contributed by atoms with van der Waals surface area (Å²) in [5.74, 6) is 0.183. The molecule has 0 aliphatic carbocycles. The average Bonchev–Trinajstić information content (AvgIpc) is 2.14. The first kappa shape index (κ1) is 13.2. The highest BCUT2D eigenvalue weighted by Crippen LogP contribution is 2.08. The van der Waals surface area contributed by atoms with Gasteiger partial charge in [-0.15, -0.1) is 0 Å². The van der Waals surface area contributed by atoms with E-state index in [2.05, 4.69) is 0 Å². The van der Waals surface area contributed by atoms with Crippen LogP contribution in [0.1, 0.15) is 18.1 Å². The molecule has 0 saturated carbocycles. The zero-order valence-corrected chi connectivity index (χ0v) is 10.5. The van der Waals surface area contributed by atoms with E-state index in [1.54, 1.807) is 6.92 Å². The molecule has 0 aromatic heterocycles. The molecule has 0 aliphatic rings. The minimum atomic E-state index is -2.89. The monoisotopic (exact) mass is 242 g/mol. The van der Waals surface area contributed by atoms with Gasteiger partial charge in [0.25, 0.3) is 0 Å². The topological polar surface area (TPSA) is 54.4 Å². The van der Waals surface area contributed by atoms with E-state index in [1.807, 2.05) is 24.3 Å². The summed E-state index contributed by atoms with van der Waals surface area (Å²) in [6.45, 7) is 1.75. The number of hydrogen-bond donors (Lipinski definition) is 1. The number of benzene rings is 1. The molecule has 0 amide bonds. The van der Waals surface area contributed by atoms with E-state index in [1.165, 1.54) is 6.26 Å². The molecule has 3 nitrogen and oxygen atoms in total. The molecule has 0 radical (unpaired) electrons. The van der Waals surface area contributed by atoms with E-state index in [-0.39, 0.29) is 11.9 Å². The van der Waals surface area contributed by atoms with Gasteiger partial charge in [-0.25, -0.2) is 8.42 Å². The Kier molecular flexibility index (Phi) is 4.50. The van der Waals surface area contributed by atoms with Gasteiger partial charge in [-0.3, -0.25) is 0 Å². The smallest absolute Gasteiger partial charge is 0.147 e. The van der Waals surface area contributed by atoms with Crippen LogP contribution in [-0.2, 0) is 22.7 Å². The third kappa shape index (κ3) is 5.28. The van der Waals surface area contributed by atoms with Gasteiger partial charge in [0.15, 0.2) is 0 Å². The molecule has 0 heterocycles. The van der Waals surface area contributed by atoms with Gasteiger partial charge in [0.05, 0.1) is 11.9 Å². The lowest BCUT2D eigenvalue weighted by Gasteiger charge is -2.05. The second-order valence-electron chi connectivity index (χ2n) is 4.25. The zero-order chi connectivity index (χ0) is 12.2. The van der Waals surface area contributed by atoms with Crippen molar-refractivity contribution < 1.29 is 13.5 Å². The van der Waals surface area contributed by atoms with Crippen LogP contribution in [0.3, 0.4) is 0 Å². The highest BCUT2D eigenvalue weighted by molar-refractivity contribution is 7.90. The first-order valence-electron chi connectivity index (χ1n) is 5.30. The molecule has 16 heavy (non-hydrogen) atoms. The van der Waals surface area contributed by atoms with Gasteiger partial charge >= 0.3 is 0 Å². The summed E-state index contributed by atoms with van der Waals surface area (Å²) in [5, 5.41) is 9.21. The molecular formula is C12H18O3S. The van der Waals surface area contributed by atoms with Crippen LogP contribution in [0.15, 0.2) is 24.3 Å². The highest BCUT2D eigenvalue weighted by Gasteiger charge is 2.03. The number of rotatable bonds is 5. The van der Waals surface area contributed by atoms with Crippen molar-refractivity contribution in [3.8, 4) is 0 Å². The molecule has 4 heteroatoms. The first-order chi connectivity index (χ1) is 7.37. The Labute approximate surface area is 97.0 Å². The summed E-state index contributed by atoms with van der Waals surface area (Å²) in [7, 11) is -2.89. The fourth-order valence-corrected chi connectivity index (χ4v) is 2.09. The number of sulfone groups is 1. The second-order valence-corrected chi connectivity index (χ2v) is 6.51. The molecule has 0 spiro atoms. The molecule has 1 N–H and O–H groups in total. The minimum absolute atomic E-state index is 0.183. The van der Waals surface area contributed by atoms with Gasteiger partial charge in [-0.05, 0) is 30.9 Å². The van der Waals surface area contributed by atoms with Gasteiger partial charge < -0.3 is 5.11 Å². The Balaban J connectivity index is 2.58. The Bertz CT molecular complexity index is 418. The summed E-state index contributed by atoms with van der Waals surface area (Å²) in [6, 6.07) is 7.71. The summed E-state index contributed by atoms with van der Waals surface area (Å²) >= 11 is 0. The highest BCUT2D eigenvalue weighted by atomic mass is 32.2. The number of hydrogen-bond acceptors (Lipinski definition) is 3. The SMILES string of the molecule is CC(O)Cc1ccc(CCS(C)(=O)=O)cc1. The third-order valence-corrected chi connectivity index (χ3v) is 3.26. The van der Waals surface area contributed by atoms with E-state index >= 15 is 0 Å². The van der Waals surface area contributed by atoms with Crippen molar-refractivity contribution in [3.05, 3.63) is 35.4 Å². The lowest BCUT2D eigenvalue weighted by molar-refractivity contribution is 0.195. The largest absolute Gasteiger partial charge is 0.393 e. The maximum Gasteiger partial charge on any atom is 0.147 e. The predicted molar refractivity (Wildman–Crippen MR) is 65.2 cm³/mol. The zero-order valence-electron chi connectivity index (χ0n) is 9.68. The quantitative estimate of drug-likeness (QED) is 0.844. The molecular weight excluding hydrogens is 224 g/mol. The van der Waals surface area contributed by atoms with Crippen molar-refractivity contribution >= 4 is 9.84 Å². The normalized spacial score (nSPS) is 13.7. The molecule has 0 saturated heterocycles. The van der Waals surface area contributed by atoms with Crippen molar-refractivity contribution in [2.75, 3.05) is 12.0 Å². The van der Waals surface area contributed by atoms with Crippen molar-refractivity contribution in [1.29, 1.82) is 0 Å². The van der Waals surface area contributed by atoms with Gasteiger partial charge in [0.2, 0.25) is 0 Å².